The maximum Gasteiger partial charge on any atom is 0.177 e. The fourth-order valence-electron chi connectivity index (χ4n) is 1.78. The van der Waals surface area contributed by atoms with Crippen LogP contribution in [0.4, 0.5) is 0 Å². The monoisotopic (exact) mass is 324 g/mol. The van der Waals surface area contributed by atoms with Gasteiger partial charge in [-0.3, -0.25) is 4.79 Å². The van der Waals surface area contributed by atoms with Crippen LogP contribution in [0.25, 0.3) is 0 Å². The van der Waals surface area contributed by atoms with Crippen molar-refractivity contribution in [1.82, 2.24) is 0 Å². The number of carbonyl (C=O) groups excluding carboxylic acids is 1. The van der Waals surface area contributed by atoms with Crippen LogP contribution in [0.3, 0.4) is 0 Å². The average Bonchev–Trinajstić information content (AvgIpc) is 2.40. The normalized spacial score (nSPS) is 12.2. The lowest BCUT2D eigenvalue weighted by Gasteiger charge is -2.11. The molecule has 2 aromatic rings. The van der Waals surface area contributed by atoms with E-state index in [1.165, 1.54) is 17.3 Å². The quantitative estimate of drug-likeness (QED) is 0.532. The van der Waals surface area contributed by atoms with E-state index >= 15 is 0 Å². The van der Waals surface area contributed by atoms with E-state index in [9.17, 15) is 4.79 Å². The van der Waals surface area contributed by atoms with Gasteiger partial charge in [-0.2, -0.15) is 0 Å². The number of hydrogen-bond donors (Lipinski definition) is 0. The zero-order chi connectivity index (χ0) is 14.7. The van der Waals surface area contributed by atoms with Crippen molar-refractivity contribution >= 4 is 40.7 Å². The summed E-state index contributed by atoms with van der Waals surface area (Å²) in [7, 11) is 0. The summed E-state index contributed by atoms with van der Waals surface area (Å²) in [6.07, 6.45) is 0. The molecule has 4 heteroatoms. The van der Waals surface area contributed by atoms with Crippen molar-refractivity contribution in [3.05, 3.63) is 63.6 Å². The molecule has 1 nitrogen and oxygen atoms in total. The predicted molar refractivity (Wildman–Crippen MR) is 87.3 cm³/mol. The number of aryl methyl sites for hydroxylation is 1. The summed E-state index contributed by atoms with van der Waals surface area (Å²) >= 11 is 13.4. The van der Waals surface area contributed by atoms with E-state index in [0.717, 1.165) is 4.90 Å². The lowest BCUT2D eigenvalue weighted by molar-refractivity contribution is 0.0994. The molecular weight excluding hydrogens is 311 g/mol. The van der Waals surface area contributed by atoms with Crippen molar-refractivity contribution < 1.29 is 4.79 Å². The highest BCUT2D eigenvalue weighted by molar-refractivity contribution is 8.00. The topological polar surface area (TPSA) is 17.1 Å². The van der Waals surface area contributed by atoms with Crippen LogP contribution < -0.4 is 0 Å². The summed E-state index contributed by atoms with van der Waals surface area (Å²) in [6.45, 7) is 3.92. The molecule has 0 aliphatic carbocycles. The number of hydrogen-bond acceptors (Lipinski definition) is 2. The highest BCUT2D eigenvalue weighted by Crippen LogP contribution is 2.29. The van der Waals surface area contributed by atoms with Crippen molar-refractivity contribution in [3.8, 4) is 0 Å². The van der Waals surface area contributed by atoms with E-state index in [1.807, 2.05) is 38.1 Å². The molecule has 0 aliphatic heterocycles. The predicted octanol–water partition coefficient (Wildman–Crippen LogP) is 5.67. The summed E-state index contributed by atoms with van der Waals surface area (Å²) in [6, 6.07) is 13.1. The maximum atomic E-state index is 12.4. The fraction of sp³-hybridized carbons (Fsp3) is 0.188. The lowest BCUT2D eigenvalue weighted by Crippen LogP contribution is -2.13. The summed E-state index contributed by atoms with van der Waals surface area (Å²) in [5.41, 5.74) is 1.72. The number of thioether (sulfide) groups is 1. The van der Waals surface area contributed by atoms with Gasteiger partial charge in [0.1, 0.15) is 0 Å². The molecule has 0 N–H and O–H groups in total. The largest absolute Gasteiger partial charge is 0.293 e. The van der Waals surface area contributed by atoms with Crippen molar-refractivity contribution in [2.24, 2.45) is 0 Å². The minimum atomic E-state index is -0.198. The van der Waals surface area contributed by atoms with Crippen LogP contribution in [0.2, 0.25) is 10.0 Å². The zero-order valence-corrected chi connectivity index (χ0v) is 13.5. The first-order valence-corrected chi connectivity index (χ1v) is 7.83. The van der Waals surface area contributed by atoms with E-state index in [4.69, 9.17) is 23.2 Å². The third-order valence-electron chi connectivity index (χ3n) is 2.90. The molecular formula is C16H14Cl2OS. The van der Waals surface area contributed by atoms with Gasteiger partial charge in [-0.25, -0.2) is 0 Å². The molecule has 0 heterocycles. The van der Waals surface area contributed by atoms with Gasteiger partial charge in [0.05, 0.1) is 10.3 Å². The second-order valence-electron chi connectivity index (χ2n) is 4.56. The molecule has 104 valence electrons. The summed E-state index contributed by atoms with van der Waals surface area (Å²) in [5, 5.41) is 0.737. The highest BCUT2D eigenvalue weighted by Gasteiger charge is 2.19. The first kappa shape index (κ1) is 15.4. The Kier molecular flexibility index (Phi) is 5.14. The third kappa shape index (κ3) is 3.78. The number of Topliss-reactive ketones (excluding diaryl/α,β-unsaturated/α-hetero) is 1. The molecule has 1 atom stereocenters. The number of carbonyl (C=O) groups is 1. The smallest absolute Gasteiger partial charge is 0.177 e. The Morgan fingerprint density at radius 1 is 1.10 bits per heavy atom. The van der Waals surface area contributed by atoms with E-state index in [-0.39, 0.29) is 11.0 Å². The van der Waals surface area contributed by atoms with Crippen LogP contribution in [0.15, 0.2) is 47.4 Å². The van der Waals surface area contributed by atoms with E-state index in [0.29, 0.717) is 15.6 Å². The standard InChI is InChI=1S/C16H14Cl2OS/c1-10-3-6-13(7-4-10)20-11(2)16(19)14-8-5-12(17)9-15(14)18/h3-9,11H,1-2H3. The van der Waals surface area contributed by atoms with Gasteiger partial charge in [0.15, 0.2) is 5.78 Å². The molecule has 1 unspecified atom stereocenters. The van der Waals surface area contributed by atoms with Crippen LogP contribution in [0.1, 0.15) is 22.8 Å². The molecule has 2 aromatic carbocycles. The van der Waals surface area contributed by atoms with Crippen LogP contribution in [0, 0.1) is 6.92 Å². The Labute approximate surface area is 133 Å². The van der Waals surface area contributed by atoms with Gasteiger partial charge in [-0.15, -0.1) is 11.8 Å². The third-order valence-corrected chi connectivity index (χ3v) is 4.56. The first-order valence-electron chi connectivity index (χ1n) is 6.20. The van der Waals surface area contributed by atoms with Gasteiger partial charge in [0.25, 0.3) is 0 Å². The molecule has 20 heavy (non-hydrogen) atoms. The van der Waals surface area contributed by atoms with Crippen molar-refractivity contribution in [2.45, 2.75) is 24.0 Å². The molecule has 2 rings (SSSR count). The maximum absolute atomic E-state index is 12.4. The minimum absolute atomic E-state index is 0.0113. The van der Waals surface area contributed by atoms with Gasteiger partial charge >= 0.3 is 0 Å². The fourth-order valence-corrected chi connectivity index (χ4v) is 3.22. The number of halogens is 2. The number of rotatable bonds is 4. The van der Waals surface area contributed by atoms with Crippen LogP contribution in [-0.2, 0) is 0 Å². The Balaban J connectivity index is 2.14. The summed E-state index contributed by atoms with van der Waals surface area (Å²) in [4.78, 5) is 13.5. The molecule has 0 fully saturated rings. The first-order chi connectivity index (χ1) is 9.47. The van der Waals surface area contributed by atoms with Gasteiger partial charge in [0, 0.05) is 15.5 Å². The van der Waals surface area contributed by atoms with Crippen LogP contribution in [-0.4, -0.2) is 11.0 Å². The molecule has 0 aliphatic rings. The van der Waals surface area contributed by atoms with E-state index in [1.54, 1.807) is 18.2 Å². The summed E-state index contributed by atoms with van der Waals surface area (Å²) in [5.74, 6) is 0.0113. The Morgan fingerprint density at radius 3 is 2.35 bits per heavy atom. The molecule has 0 spiro atoms. The van der Waals surface area contributed by atoms with Crippen molar-refractivity contribution in [1.29, 1.82) is 0 Å². The average molecular weight is 325 g/mol. The molecule has 0 saturated carbocycles. The van der Waals surface area contributed by atoms with E-state index in [2.05, 4.69) is 0 Å². The highest BCUT2D eigenvalue weighted by atomic mass is 35.5. The molecule has 0 amide bonds. The number of ketones is 1. The Bertz CT molecular complexity index is 623. The van der Waals surface area contributed by atoms with Gasteiger partial charge in [-0.1, -0.05) is 40.9 Å². The van der Waals surface area contributed by atoms with Crippen LogP contribution in [0.5, 0.6) is 0 Å². The second kappa shape index (κ2) is 6.66. The Hall–Kier alpha value is -0.960. The van der Waals surface area contributed by atoms with Gasteiger partial charge in [0.2, 0.25) is 0 Å². The second-order valence-corrected chi connectivity index (χ2v) is 6.82. The molecule has 0 saturated heterocycles. The minimum Gasteiger partial charge on any atom is -0.293 e. The molecule has 0 aromatic heterocycles. The van der Waals surface area contributed by atoms with E-state index < -0.39 is 0 Å². The van der Waals surface area contributed by atoms with Crippen molar-refractivity contribution in [3.63, 3.8) is 0 Å². The molecule has 0 bridgehead atoms. The van der Waals surface area contributed by atoms with Gasteiger partial charge < -0.3 is 0 Å². The SMILES string of the molecule is Cc1ccc(SC(C)C(=O)c2ccc(Cl)cc2Cl)cc1. The molecule has 0 radical (unpaired) electrons. The number of benzene rings is 2. The van der Waals surface area contributed by atoms with Crippen molar-refractivity contribution in [2.75, 3.05) is 0 Å². The van der Waals surface area contributed by atoms with Gasteiger partial charge in [-0.05, 0) is 44.2 Å². The zero-order valence-electron chi connectivity index (χ0n) is 11.2. The Morgan fingerprint density at radius 2 is 1.75 bits per heavy atom. The van der Waals surface area contributed by atoms with Crippen LogP contribution >= 0.6 is 35.0 Å². The lowest BCUT2D eigenvalue weighted by atomic mass is 10.1. The summed E-state index contributed by atoms with van der Waals surface area (Å²) < 4.78 is 0.